The zero-order valence-electron chi connectivity index (χ0n) is 11.7. The number of anilines is 2. The van der Waals surface area contributed by atoms with Gasteiger partial charge in [0.15, 0.2) is 0 Å². The second kappa shape index (κ2) is 6.89. The molecular formula is C14H23N3O. The second-order valence-electron chi connectivity index (χ2n) is 4.60. The molecule has 0 atom stereocenters. The molecule has 1 amide bonds. The number of nitrogens with one attached hydrogen (secondary N) is 2. The fraction of sp³-hybridized carbons (Fsp3) is 0.500. The first kappa shape index (κ1) is 14.4. The van der Waals surface area contributed by atoms with Crippen LogP contribution in [0.3, 0.4) is 0 Å². The van der Waals surface area contributed by atoms with Crippen LogP contribution in [-0.2, 0) is 4.79 Å². The third kappa shape index (κ3) is 4.28. The van der Waals surface area contributed by atoms with Gasteiger partial charge in [0.1, 0.15) is 0 Å². The number of hydrogen-bond donors (Lipinski definition) is 2. The zero-order chi connectivity index (χ0) is 13.5. The van der Waals surface area contributed by atoms with E-state index in [-0.39, 0.29) is 5.91 Å². The van der Waals surface area contributed by atoms with E-state index in [1.165, 1.54) is 5.56 Å². The van der Waals surface area contributed by atoms with Gasteiger partial charge in [-0.05, 0) is 31.0 Å². The lowest BCUT2D eigenvalue weighted by atomic mass is 10.1. The quantitative estimate of drug-likeness (QED) is 0.810. The Bertz CT molecular complexity index is 402. The highest BCUT2D eigenvalue weighted by Gasteiger charge is 2.04. The molecule has 0 radical (unpaired) electrons. The van der Waals surface area contributed by atoms with Crippen LogP contribution in [0, 0.1) is 6.92 Å². The van der Waals surface area contributed by atoms with E-state index in [4.69, 9.17) is 0 Å². The van der Waals surface area contributed by atoms with Crippen molar-refractivity contribution in [1.29, 1.82) is 0 Å². The average Bonchev–Trinajstić information content (AvgIpc) is 2.35. The van der Waals surface area contributed by atoms with Gasteiger partial charge in [0.25, 0.3) is 0 Å². The van der Waals surface area contributed by atoms with E-state index >= 15 is 0 Å². The standard InChI is InChI=1S/C14H23N3O/c1-5-8-15-14(18)10-16-12-7-6-11(2)13(9-12)17(3)4/h6-7,9,16H,5,8,10H2,1-4H3,(H,15,18). The largest absolute Gasteiger partial charge is 0.377 e. The van der Waals surface area contributed by atoms with E-state index in [9.17, 15) is 4.79 Å². The Labute approximate surface area is 109 Å². The normalized spacial score (nSPS) is 10.0. The number of rotatable bonds is 6. The Balaban J connectivity index is 2.57. The molecule has 1 rings (SSSR count). The summed E-state index contributed by atoms with van der Waals surface area (Å²) in [6.45, 7) is 5.16. The maximum atomic E-state index is 11.5. The lowest BCUT2D eigenvalue weighted by Gasteiger charge is -2.17. The topological polar surface area (TPSA) is 44.4 Å². The fourth-order valence-corrected chi connectivity index (χ4v) is 1.71. The van der Waals surface area contributed by atoms with Crippen LogP contribution in [0.25, 0.3) is 0 Å². The molecule has 0 unspecified atom stereocenters. The minimum atomic E-state index is 0.0313. The third-order valence-electron chi connectivity index (χ3n) is 2.72. The summed E-state index contributed by atoms with van der Waals surface area (Å²) in [6, 6.07) is 6.11. The lowest BCUT2D eigenvalue weighted by molar-refractivity contribution is -0.119. The highest BCUT2D eigenvalue weighted by molar-refractivity contribution is 5.81. The highest BCUT2D eigenvalue weighted by Crippen LogP contribution is 2.22. The Morgan fingerprint density at radius 1 is 1.33 bits per heavy atom. The minimum Gasteiger partial charge on any atom is -0.377 e. The Kier molecular flexibility index (Phi) is 5.49. The third-order valence-corrected chi connectivity index (χ3v) is 2.72. The van der Waals surface area contributed by atoms with E-state index in [1.807, 2.05) is 27.1 Å². The summed E-state index contributed by atoms with van der Waals surface area (Å²) in [5, 5.41) is 5.98. The predicted octanol–water partition coefficient (Wildman–Crippen LogP) is 2.00. The molecule has 0 aliphatic carbocycles. The first-order valence-corrected chi connectivity index (χ1v) is 6.33. The van der Waals surface area contributed by atoms with E-state index < -0.39 is 0 Å². The summed E-state index contributed by atoms with van der Waals surface area (Å²) in [7, 11) is 4.03. The van der Waals surface area contributed by atoms with Gasteiger partial charge >= 0.3 is 0 Å². The van der Waals surface area contributed by atoms with Crippen molar-refractivity contribution in [2.45, 2.75) is 20.3 Å². The summed E-state index contributed by atoms with van der Waals surface area (Å²) in [6.07, 6.45) is 0.959. The van der Waals surface area contributed by atoms with Crippen molar-refractivity contribution in [3.8, 4) is 0 Å². The fourth-order valence-electron chi connectivity index (χ4n) is 1.71. The molecule has 0 saturated carbocycles. The summed E-state index contributed by atoms with van der Waals surface area (Å²) < 4.78 is 0. The highest BCUT2D eigenvalue weighted by atomic mass is 16.1. The number of carbonyl (C=O) groups is 1. The molecule has 0 aliphatic rings. The van der Waals surface area contributed by atoms with Gasteiger partial charge in [-0.25, -0.2) is 0 Å². The van der Waals surface area contributed by atoms with Crippen LogP contribution in [0.4, 0.5) is 11.4 Å². The minimum absolute atomic E-state index is 0.0313. The number of hydrogen-bond acceptors (Lipinski definition) is 3. The molecule has 18 heavy (non-hydrogen) atoms. The van der Waals surface area contributed by atoms with Crippen molar-refractivity contribution < 1.29 is 4.79 Å². The first-order chi connectivity index (χ1) is 8.54. The molecule has 100 valence electrons. The Morgan fingerprint density at radius 3 is 2.67 bits per heavy atom. The summed E-state index contributed by atoms with van der Waals surface area (Å²) in [5.74, 6) is 0.0313. The van der Waals surface area contributed by atoms with Crippen molar-refractivity contribution in [3.63, 3.8) is 0 Å². The molecule has 0 heterocycles. The summed E-state index contributed by atoms with van der Waals surface area (Å²) >= 11 is 0. The van der Waals surface area contributed by atoms with Crippen LogP contribution in [-0.4, -0.2) is 33.1 Å². The van der Waals surface area contributed by atoms with Crippen LogP contribution in [0.2, 0.25) is 0 Å². The molecule has 1 aromatic carbocycles. The molecule has 0 aliphatic heterocycles. The van der Waals surface area contributed by atoms with Crippen LogP contribution in [0.5, 0.6) is 0 Å². The number of carbonyl (C=O) groups excluding carboxylic acids is 1. The van der Waals surface area contributed by atoms with Crippen LogP contribution in [0.1, 0.15) is 18.9 Å². The molecule has 0 bridgehead atoms. The van der Waals surface area contributed by atoms with Crippen molar-refractivity contribution in [1.82, 2.24) is 5.32 Å². The first-order valence-electron chi connectivity index (χ1n) is 6.33. The SMILES string of the molecule is CCCNC(=O)CNc1ccc(C)c(N(C)C)c1. The molecule has 0 spiro atoms. The number of benzene rings is 1. The summed E-state index contributed by atoms with van der Waals surface area (Å²) in [4.78, 5) is 13.5. The van der Waals surface area contributed by atoms with Crippen molar-refractivity contribution in [2.24, 2.45) is 0 Å². The molecule has 4 nitrogen and oxygen atoms in total. The molecule has 1 aromatic rings. The molecule has 4 heteroatoms. The smallest absolute Gasteiger partial charge is 0.239 e. The molecule has 0 fully saturated rings. The van der Waals surface area contributed by atoms with Gasteiger partial charge in [-0.1, -0.05) is 13.0 Å². The zero-order valence-corrected chi connectivity index (χ0v) is 11.7. The van der Waals surface area contributed by atoms with E-state index in [0.717, 1.165) is 24.3 Å². The van der Waals surface area contributed by atoms with Crippen LogP contribution >= 0.6 is 0 Å². The average molecular weight is 249 g/mol. The van der Waals surface area contributed by atoms with Gasteiger partial charge in [-0.2, -0.15) is 0 Å². The predicted molar refractivity (Wildman–Crippen MR) is 77.3 cm³/mol. The van der Waals surface area contributed by atoms with Crippen molar-refractivity contribution in [3.05, 3.63) is 23.8 Å². The molecule has 0 saturated heterocycles. The molecular weight excluding hydrogens is 226 g/mol. The maximum absolute atomic E-state index is 11.5. The number of aryl methyl sites for hydroxylation is 1. The van der Waals surface area contributed by atoms with Crippen LogP contribution in [0.15, 0.2) is 18.2 Å². The van der Waals surface area contributed by atoms with Crippen molar-refractivity contribution >= 4 is 17.3 Å². The second-order valence-corrected chi connectivity index (χ2v) is 4.60. The number of nitrogens with zero attached hydrogens (tertiary/aromatic N) is 1. The molecule has 0 aromatic heterocycles. The van der Waals surface area contributed by atoms with Gasteiger partial charge < -0.3 is 15.5 Å². The van der Waals surface area contributed by atoms with Crippen LogP contribution < -0.4 is 15.5 Å². The van der Waals surface area contributed by atoms with Gasteiger partial charge in [0.05, 0.1) is 6.54 Å². The Morgan fingerprint density at radius 2 is 2.06 bits per heavy atom. The van der Waals surface area contributed by atoms with Gasteiger partial charge in [0.2, 0.25) is 5.91 Å². The van der Waals surface area contributed by atoms with E-state index in [1.54, 1.807) is 0 Å². The van der Waals surface area contributed by atoms with Gasteiger partial charge in [0, 0.05) is 32.0 Å². The van der Waals surface area contributed by atoms with Gasteiger partial charge in [-0.3, -0.25) is 4.79 Å². The van der Waals surface area contributed by atoms with E-state index in [2.05, 4.69) is 34.6 Å². The summed E-state index contributed by atoms with van der Waals surface area (Å²) in [5.41, 5.74) is 3.35. The number of amides is 1. The molecule has 2 N–H and O–H groups in total. The lowest BCUT2D eigenvalue weighted by Crippen LogP contribution is -2.30. The Hall–Kier alpha value is -1.71. The monoisotopic (exact) mass is 249 g/mol. The van der Waals surface area contributed by atoms with Crippen molar-refractivity contribution in [2.75, 3.05) is 37.4 Å². The van der Waals surface area contributed by atoms with Gasteiger partial charge in [-0.15, -0.1) is 0 Å². The maximum Gasteiger partial charge on any atom is 0.239 e. The van der Waals surface area contributed by atoms with E-state index in [0.29, 0.717) is 6.54 Å².